The normalized spacial score (nSPS) is 14.5. The third-order valence-electron chi connectivity index (χ3n) is 3.69. The zero-order valence-corrected chi connectivity index (χ0v) is 14.0. The highest BCUT2D eigenvalue weighted by Crippen LogP contribution is 2.34. The molecule has 1 aliphatic heterocycles. The number of carbonyl (C=O) groups is 1. The predicted octanol–water partition coefficient (Wildman–Crippen LogP) is 2.09. The van der Waals surface area contributed by atoms with Crippen molar-refractivity contribution in [2.75, 3.05) is 25.7 Å². The van der Waals surface area contributed by atoms with E-state index in [1.54, 1.807) is 14.0 Å². The molecule has 0 N–H and O–H groups in total. The third kappa shape index (κ3) is 2.98. The van der Waals surface area contributed by atoms with Gasteiger partial charge < -0.3 is 14.4 Å². The van der Waals surface area contributed by atoms with E-state index in [-0.39, 0.29) is 11.2 Å². The van der Waals surface area contributed by atoms with E-state index in [0.717, 1.165) is 35.6 Å². The minimum atomic E-state index is -0.316. The van der Waals surface area contributed by atoms with Crippen LogP contribution in [0.2, 0.25) is 0 Å². The molecule has 0 amide bonds. The molecule has 0 unspecified atom stereocenters. The number of anilines is 2. The van der Waals surface area contributed by atoms with E-state index in [1.165, 1.54) is 18.9 Å². The maximum atomic E-state index is 11.6. The van der Waals surface area contributed by atoms with Crippen molar-refractivity contribution in [2.45, 2.75) is 23.9 Å². The standard InChI is InChI=1S/C15H18N4O3S/c1-10(13(20)22-3)23-15-17-16-14-18(8-9-19(14)15)11-4-6-12(21-2)7-5-11/h4-7,10H,8-9H2,1-3H3/t10-/m1/s1. The van der Waals surface area contributed by atoms with Crippen LogP contribution in [0.15, 0.2) is 29.4 Å². The van der Waals surface area contributed by atoms with Crippen LogP contribution >= 0.6 is 11.8 Å². The number of aromatic nitrogens is 3. The Balaban J connectivity index is 1.80. The van der Waals surface area contributed by atoms with Crippen LogP contribution in [0.25, 0.3) is 0 Å². The molecule has 1 aromatic carbocycles. The van der Waals surface area contributed by atoms with Gasteiger partial charge in [0.15, 0.2) is 5.16 Å². The van der Waals surface area contributed by atoms with Gasteiger partial charge in [-0.05, 0) is 31.2 Å². The van der Waals surface area contributed by atoms with E-state index >= 15 is 0 Å². The lowest BCUT2D eigenvalue weighted by Crippen LogP contribution is -2.15. The number of benzene rings is 1. The molecule has 1 atom stereocenters. The summed E-state index contributed by atoms with van der Waals surface area (Å²) in [5.41, 5.74) is 1.04. The van der Waals surface area contributed by atoms with Crippen molar-refractivity contribution in [3.63, 3.8) is 0 Å². The van der Waals surface area contributed by atoms with Gasteiger partial charge in [0.1, 0.15) is 11.0 Å². The minimum absolute atomic E-state index is 0.266. The molecule has 0 saturated heterocycles. The molecule has 0 fully saturated rings. The number of fused-ring (bicyclic) bond motifs is 1. The second kappa shape index (κ2) is 6.49. The van der Waals surface area contributed by atoms with Crippen molar-refractivity contribution in [3.05, 3.63) is 24.3 Å². The van der Waals surface area contributed by atoms with Crippen LogP contribution in [0.5, 0.6) is 5.75 Å². The highest BCUT2D eigenvalue weighted by Gasteiger charge is 2.28. The van der Waals surface area contributed by atoms with Crippen LogP contribution in [0.3, 0.4) is 0 Å². The largest absolute Gasteiger partial charge is 0.497 e. The number of carbonyl (C=O) groups excluding carboxylic acids is 1. The zero-order chi connectivity index (χ0) is 16.4. The smallest absolute Gasteiger partial charge is 0.318 e. The fourth-order valence-electron chi connectivity index (χ4n) is 2.44. The first-order chi connectivity index (χ1) is 11.1. The lowest BCUT2D eigenvalue weighted by molar-refractivity contribution is -0.139. The van der Waals surface area contributed by atoms with E-state index in [1.807, 2.05) is 28.8 Å². The van der Waals surface area contributed by atoms with Crippen molar-refractivity contribution in [3.8, 4) is 5.75 Å². The SMILES string of the molecule is COC(=O)[C@@H](C)Sc1nnc2n1CCN2c1ccc(OC)cc1. The van der Waals surface area contributed by atoms with Gasteiger partial charge in [-0.2, -0.15) is 0 Å². The van der Waals surface area contributed by atoms with Crippen molar-refractivity contribution in [2.24, 2.45) is 0 Å². The molecule has 3 rings (SSSR count). The van der Waals surface area contributed by atoms with Crippen LogP contribution in [-0.4, -0.2) is 46.7 Å². The molecular formula is C15H18N4O3S. The summed E-state index contributed by atoms with van der Waals surface area (Å²) in [7, 11) is 3.03. The Bertz CT molecular complexity index is 701. The first kappa shape index (κ1) is 15.7. The Morgan fingerprint density at radius 3 is 2.61 bits per heavy atom. The van der Waals surface area contributed by atoms with Crippen LogP contribution in [0, 0.1) is 0 Å². The summed E-state index contributed by atoms with van der Waals surface area (Å²) < 4.78 is 12.0. The van der Waals surface area contributed by atoms with Crippen molar-refractivity contribution in [1.82, 2.24) is 14.8 Å². The fourth-order valence-corrected chi connectivity index (χ4v) is 3.34. The van der Waals surface area contributed by atoms with Crippen LogP contribution in [-0.2, 0) is 16.1 Å². The van der Waals surface area contributed by atoms with E-state index in [4.69, 9.17) is 9.47 Å². The first-order valence-electron chi connectivity index (χ1n) is 7.23. The van der Waals surface area contributed by atoms with Gasteiger partial charge in [-0.1, -0.05) is 11.8 Å². The van der Waals surface area contributed by atoms with E-state index in [9.17, 15) is 4.79 Å². The molecular weight excluding hydrogens is 316 g/mol. The number of esters is 1. The Kier molecular flexibility index (Phi) is 4.42. The molecule has 0 aliphatic carbocycles. The molecule has 1 aliphatic rings. The van der Waals surface area contributed by atoms with Gasteiger partial charge >= 0.3 is 5.97 Å². The molecule has 23 heavy (non-hydrogen) atoms. The summed E-state index contributed by atoms with van der Waals surface area (Å²) in [6.07, 6.45) is 0. The van der Waals surface area contributed by atoms with E-state index in [2.05, 4.69) is 15.1 Å². The maximum absolute atomic E-state index is 11.6. The van der Waals surface area contributed by atoms with Crippen LogP contribution < -0.4 is 9.64 Å². The molecule has 7 nitrogen and oxygen atoms in total. The highest BCUT2D eigenvalue weighted by atomic mass is 32.2. The van der Waals surface area contributed by atoms with Gasteiger partial charge in [0, 0.05) is 18.8 Å². The molecule has 0 radical (unpaired) electrons. The topological polar surface area (TPSA) is 69.5 Å². The number of ether oxygens (including phenoxy) is 2. The lowest BCUT2D eigenvalue weighted by atomic mass is 10.3. The first-order valence-corrected chi connectivity index (χ1v) is 8.11. The number of hydrogen-bond acceptors (Lipinski definition) is 7. The van der Waals surface area contributed by atoms with E-state index in [0.29, 0.717) is 0 Å². The van der Waals surface area contributed by atoms with Crippen molar-refractivity contribution < 1.29 is 14.3 Å². The van der Waals surface area contributed by atoms with Gasteiger partial charge in [0.25, 0.3) is 0 Å². The molecule has 8 heteroatoms. The van der Waals surface area contributed by atoms with Crippen LogP contribution in [0.4, 0.5) is 11.6 Å². The average molecular weight is 334 g/mol. The second-order valence-electron chi connectivity index (χ2n) is 5.07. The molecule has 2 heterocycles. The molecule has 0 spiro atoms. The van der Waals surface area contributed by atoms with Crippen LogP contribution in [0.1, 0.15) is 6.92 Å². The second-order valence-corrected chi connectivity index (χ2v) is 6.38. The molecule has 0 bridgehead atoms. The van der Waals surface area contributed by atoms with Gasteiger partial charge in [-0.25, -0.2) is 0 Å². The number of hydrogen-bond donors (Lipinski definition) is 0. The van der Waals surface area contributed by atoms with Crippen molar-refractivity contribution in [1.29, 1.82) is 0 Å². The minimum Gasteiger partial charge on any atom is -0.497 e. The quantitative estimate of drug-likeness (QED) is 0.612. The summed E-state index contributed by atoms with van der Waals surface area (Å²) in [5, 5.41) is 8.89. The maximum Gasteiger partial charge on any atom is 0.318 e. The molecule has 122 valence electrons. The summed E-state index contributed by atoms with van der Waals surface area (Å²) in [5.74, 6) is 1.34. The number of rotatable bonds is 5. The van der Waals surface area contributed by atoms with Crippen molar-refractivity contribution >= 4 is 29.4 Å². The Hall–Kier alpha value is -2.22. The third-order valence-corrected chi connectivity index (χ3v) is 4.74. The molecule has 0 saturated carbocycles. The average Bonchev–Trinajstić information content (AvgIpc) is 3.17. The number of thioether (sulfide) groups is 1. The number of methoxy groups -OCH3 is 2. The summed E-state index contributed by atoms with van der Waals surface area (Å²) in [6, 6.07) is 7.83. The Labute approximate surface area is 138 Å². The number of nitrogens with zero attached hydrogens (tertiary/aromatic N) is 4. The Morgan fingerprint density at radius 1 is 1.22 bits per heavy atom. The molecule has 2 aromatic rings. The highest BCUT2D eigenvalue weighted by molar-refractivity contribution is 8.00. The fraction of sp³-hybridized carbons (Fsp3) is 0.400. The zero-order valence-electron chi connectivity index (χ0n) is 13.2. The van der Waals surface area contributed by atoms with E-state index < -0.39 is 0 Å². The van der Waals surface area contributed by atoms with Gasteiger partial charge in [0.2, 0.25) is 5.95 Å². The predicted molar refractivity (Wildman–Crippen MR) is 87.4 cm³/mol. The lowest BCUT2D eigenvalue weighted by Gasteiger charge is -2.15. The summed E-state index contributed by atoms with van der Waals surface area (Å²) in [6.45, 7) is 3.40. The monoisotopic (exact) mass is 334 g/mol. The van der Waals surface area contributed by atoms with Gasteiger partial charge in [0.05, 0.1) is 14.2 Å². The van der Waals surface area contributed by atoms with Gasteiger partial charge in [-0.15, -0.1) is 10.2 Å². The van der Waals surface area contributed by atoms with Gasteiger partial charge in [-0.3, -0.25) is 9.36 Å². The summed E-state index contributed by atoms with van der Waals surface area (Å²) >= 11 is 1.36. The Morgan fingerprint density at radius 2 is 1.96 bits per heavy atom. The summed E-state index contributed by atoms with van der Waals surface area (Å²) in [4.78, 5) is 13.7. The molecule has 1 aromatic heterocycles.